The van der Waals surface area contributed by atoms with Crippen molar-refractivity contribution in [2.45, 2.75) is 19.4 Å². The van der Waals surface area contributed by atoms with Crippen LogP contribution in [0.4, 0.5) is 5.82 Å². The number of ether oxygens (including phenoxy) is 1. The van der Waals surface area contributed by atoms with Crippen molar-refractivity contribution in [1.29, 1.82) is 0 Å². The number of amides is 2. The second kappa shape index (κ2) is 8.23. The molecule has 0 aliphatic rings. The van der Waals surface area contributed by atoms with E-state index in [1.807, 2.05) is 44.2 Å². The van der Waals surface area contributed by atoms with Crippen LogP contribution >= 0.6 is 11.3 Å². The van der Waals surface area contributed by atoms with E-state index in [1.54, 1.807) is 37.4 Å². The zero-order valence-electron chi connectivity index (χ0n) is 17.4. The van der Waals surface area contributed by atoms with Crippen molar-refractivity contribution in [3.63, 3.8) is 0 Å². The quantitative estimate of drug-likeness (QED) is 0.415. The first-order chi connectivity index (χ1) is 14.9. The number of carbonyl (C=O) groups excluding carboxylic acids is 2. The van der Waals surface area contributed by atoms with Gasteiger partial charge >= 0.3 is 0 Å². The highest BCUT2D eigenvalue weighted by molar-refractivity contribution is 7.20. The normalized spacial score (nSPS) is 11.3. The highest BCUT2D eigenvalue weighted by atomic mass is 32.1. The zero-order valence-corrected chi connectivity index (χ0v) is 18.2. The van der Waals surface area contributed by atoms with Crippen LogP contribution in [0, 0.1) is 0 Å². The Balaban J connectivity index is 1.51. The third-order valence-corrected chi connectivity index (χ3v) is 6.01. The highest BCUT2D eigenvalue weighted by Crippen LogP contribution is 2.30. The molecule has 0 aliphatic heterocycles. The fourth-order valence-electron chi connectivity index (χ4n) is 3.22. The molecule has 4 aromatic rings. The number of carbonyl (C=O) groups is 2. The number of aromatic nitrogens is 2. The number of fused-ring (bicyclic) bond motifs is 1. The molecule has 0 bridgehead atoms. The minimum atomic E-state index is -0.530. The SMILES string of the molecule is COc1ccc(C(=O)Nc2[nH]nc3sc(C(=O)NC(C)(C)c4ccccc4)cc23)cc1. The van der Waals surface area contributed by atoms with E-state index in [0.717, 1.165) is 5.56 Å². The molecule has 2 heterocycles. The van der Waals surface area contributed by atoms with E-state index < -0.39 is 5.54 Å². The molecule has 7 nitrogen and oxygen atoms in total. The maximum Gasteiger partial charge on any atom is 0.262 e. The topological polar surface area (TPSA) is 96.1 Å². The lowest BCUT2D eigenvalue weighted by molar-refractivity contribution is 0.0915. The number of rotatable bonds is 6. The number of nitrogens with one attached hydrogen (secondary N) is 3. The molecule has 0 atom stereocenters. The molecular formula is C23H22N4O3S. The third-order valence-electron chi connectivity index (χ3n) is 4.99. The Hall–Kier alpha value is -3.65. The van der Waals surface area contributed by atoms with Crippen LogP contribution in [-0.4, -0.2) is 29.1 Å². The van der Waals surface area contributed by atoms with Crippen LogP contribution < -0.4 is 15.4 Å². The van der Waals surface area contributed by atoms with Gasteiger partial charge in [-0.2, -0.15) is 5.10 Å². The molecule has 8 heteroatoms. The summed E-state index contributed by atoms with van der Waals surface area (Å²) in [4.78, 5) is 26.6. The Morgan fingerprint density at radius 1 is 1.03 bits per heavy atom. The van der Waals surface area contributed by atoms with E-state index >= 15 is 0 Å². The third kappa shape index (κ3) is 4.29. The first-order valence-electron chi connectivity index (χ1n) is 9.69. The molecule has 0 saturated heterocycles. The van der Waals surface area contributed by atoms with E-state index in [2.05, 4.69) is 20.8 Å². The Morgan fingerprint density at radius 2 is 1.74 bits per heavy atom. The van der Waals surface area contributed by atoms with E-state index in [-0.39, 0.29) is 11.8 Å². The van der Waals surface area contributed by atoms with Gasteiger partial charge in [0, 0.05) is 5.56 Å². The van der Waals surface area contributed by atoms with Gasteiger partial charge in [-0.3, -0.25) is 14.7 Å². The van der Waals surface area contributed by atoms with Gasteiger partial charge in [0.15, 0.2) is 0 Å². The summed E-state index contributed by atoms with van der Waals surface area (Å²) in [6.45, 7) is 3.92. The van der Waals surface area contributed by atoms with Crippen LogP contribution in [-0.2, 0) is 5.54 Å². The number of methoxy groups -OCH3 is 1. The van der Waals surface area contributed by atoms with Gasteiger partial charge in [0.05, 0.1) is 22.9 Å². The number of thiophene rings is 1. The van der Waals surface area contributed by atoms with Crippen molar-refractivity contribution in [2.24, 2.45) is 0 Å². The van der Waals surface area contributed by atoms with Crippen molar-refractivity contribution in [1.82, 2.24) is 15.5 Å². The number of H-pyrrole nitrogens is 1. The maximum atomic E-state index is 12.9. The van der Waals surface area contributed by atoms with Crippen molar-refractivity contribution < 1.29 is 14.3 Å². The van der Waals surface area contributed by atoms with Crippen molar-refractivity contribution in [3.05, 3.63) is 76.7 Å². The number of anilines is 1. The average Bonchev–Trinajstić information content (AvgIpc) is 3.36. The molecule has 0 unspecified atom stereocenters. The summed E-state index contributed by atoms with van der Waals surface area (Å²) in [7, 11) is 1.57. The van der Waals surface area contributed by atoms with Gasteiger partial charge in [-0.25, -0.2) is 0 Å². The van der Waals surface area contributed by atoms with Crippen LogP contribution in [0.5, 0.6) is 5.75 Å². The summed E-state index contributed by atoms with van der Waals surface area (Å²) >= 11 is 1.27. The van der Waals surface area contributed by atoms with Crippen LogP contribution in [0.3, 0.4) is 0 Å². The number of nitrogens with zero attached hydrogens (tertiary/aromatic N) is 1. The van der Waals surface area contributed by atoms with Crippen LogP contribution in [0.1, 0.15) is 39.4 Å². The Bertz CT molecular complexity index is 1230. The lowest BCUT2D eigenvalue weighted by Crippen LogP contribution is -2.40. The maximum absolute atomic E-state index is 12.9. The van der Waals surface area contributed by atoms with Gasteiger partial charge in [0.2, 0.25) is 0 Å². The van der Waals surface area contributed by atoms with Crippen LogP contribution in [0.25, 0.3) is 10.2 Å². The molecule has 31 heavy (non-hydrogen) atoms. The van der Waals surface area contributed by atoms with Crippen molar-refractivity contribution >= 4 is 39.2 Å². The smallest absolute Gasteiger partial charge is 0.262 e. The molecule has 0 spiro atoms. The molecule has 0 radical (unpaired) electrons. The Kier molecular flexibility index (Phi) is 5.48. The number of hydrogen-bond donors (Lipinski definition) is 3. The van der Waals surface area contributed by atoms with Gasteiger partial charge in [-0.1, -0.05) is 30.3 Å². The van der Waals surface area contributed by atoms with Crippen molar-refractivity contribution in [2.75, 3.05) is 12.4 Å². The van der Waals surface area contributed by atoms with Gasteiger partial charge in [0.1, 0.15) is 16.4 Å². The number of hydrogen-bond acceptors (Lipinski definition) is 5. The highest BCUT2D eigenvalue weighted by Gasteiger charge is 2.25. The molecule has 2 aromatic heterocycles. The standard InChI is InChI=1S/C23H22N4O3S/c1-23(2,15-7-5-4-6-8-15)25-21(29)18-13-17-19(26-27-22(17)31-18)24-20(28)14-9-11-16(30-3)12-10-14/h4-13H,1-3H3,(H,25,29)(H2,24,26,27,28). The molecule has 0 aliphatic carbocycles. The first-order valence-corrected chi connectivity index (χ1v) is 10.5. The van der Waals surface area contributed by atoms with Gasteiger partial charge in [0.25, 0.3) is 11.8 Å². The fraction of sp³-hybridized carbons (Fsp3) is 0.174. The predicted octanol–water partition coefficient (Wildman–Crippen LogP) is 4.55. The lowest BCUT2D eigenvalue weighted by atomic mass is 9.94. The largest absolute Gasteiger partial charge is 0.497 e. The van der Waals surface area contributed by atoms with Gasteiger partial charge in [-0.05, 0) is 49.7 Å². The summed E-state index contributed by atoms with van der Waals surface area (Å²) in [6, 6.07) is 18.3. The van der Waals surface area contributed by atoms with E-state index in [0.29, 0.717) is 32.2 Å². The Morgan fingerprint density at radius 3 is 2.42 bits per heavy atom. The Labute approximate surface area is 183 Å². The lowest BCUT2D eigenvalue weighted by Gasteiger charge is -2.26. The zero-order chi connectivity index (χ0) is 22.0. The molecular weight excluding hydrogens is 412 g/mol. The molecule has 2 aromatic carbocycles. The number of aromatic amines is 1. The average molecular weight is 435 g/mol. The molecule has 0 fully saturated rings. The predicted molar refractivity (Wildman–Crippen MR) is 122 cm³/mol. The molecule has 158 valence electrons. The molecule has 0 saturated carbocycles. The second-order valence-corrected chi connectivity index (χ2v) is 8.59. The summed E-state index contributed by atoms with van der Waals surface area (Å²) < 4.78 is 5.12. The molecule has 2 amide bonds. The van der Waals surface area contributed by atoms with Gasteiger partial charge in [-0.15, -0.1) is 11.3 Å². The van der Waals surface area contributed by atoms with E-state index in [1.165, 1.54) is 11.3 Å². The molecule has 4 rings (SSSR count). The number of benzene rings is 2. The first kappa shape index (κ1) is 20.6. The van der Waals surface area contributed by atoms with E-state index in [4.69, 9.17) is 4.74 Å². The van der Waals surface area contributed by atoms with Gasteiger partial charge < -0.3 is 15.4 Å². The summed E-state index contributed by atoms with van der Waals surface area (Å²) in [6.07, 6.45) is 0. The second-order valence-electron chi connectivity index (χ2n) is 7.56. The minimum absolute atomic E-state index is 0.190. The summed E-state index contributed by atoms with van der Waals surface area (Å²) in [5.41, 5.74) is 0.969. The van der Waals surface area contributed by atoms with Crippen molar-refractivity contribution in [3.8, 4) is 5.75 Å². The van der Waals surface area contributed by atoms with Crippen LogP contribution in [0.2, 0.25) is 0 Å². The minimum Gasteiger partial charge on any atom is -0.497 e. The summed E-state index contributed by atoms with van der Waals surface area (Å²) in [5, 5.41) is 13.6. The summed E-state index contributed by atoms with van der Waals surface area (Å²) in [5.74, 6) is 0.653. The van der Waals surface area contributed by atoms with Crippen LogP contribution in [0.15, 0.2) is 60.7 Å². The monoisotopic (exact) mass is 434 g/mol. The fourth-order valence-corrected chi connectivity index (χ4v) is 4.11. The molecule has 3 N–H and O–H groups in total. The van der Waals surface area contributed by atoms with E-state index in [9.17, 15) is 9.59 Å².